The van der Waals surface area contributed by atoms with E-state index >= 15 is 0 Å². The fourth-order valence-electron chi connectivity index (χ4n) is 3.13. The second kappa shape index (κ2) is 6.28. The molecule has 0 bridgehead atoms. The SMILES string of the molecule is O=C(Cc1cc(Cl)c2c(c1)OCCO2)NC1(C(=O)O)CCCC1. The molecule has 0 aromatic heterocycles. The molecule has 0 spiro atoms. The van der Waals surface area contributed by atoms with E-state index in [2.05, 4.69) is 5.32 Å². The van der Waals surface area contributed by atoms with E-state index in [1.54, 1.807) is 12.1 Å². The molecule has 1 fully saturated rings. The van der Waals surface area contributed by atoms with Gasteiger partial charge in [0.25, 0.3) is 0 Å². The van der Waals surface area contributed by atoms with Crippen molar-refractivity contribution >= 4 is 23.5 Å². The highest BCUT2D eigenvalue weighted by molar-refractivity contribution is 6.32. The number of fused-ring (bicyclic) bond motifs is 1. The highest BCUT2D eigenvalue weighted by atomic mass is 35.5. The van der Waals surface area contributed by atoms with Crippen LogP contribution in [0.25, 0.3) is 0 Å². The van der Waals surface area contributed by atoms with Crippen LogP contribution in [0.15, 0.2) is 12.1 Å². The van der Waals surface area contributed by atoms with Crippen LogP contribution in [0.2, 0.25) is 5.02 Å². The van der Waals surface area contributed by atoms with Crippen molar-refractivity contribution in [3.63, 3.8) is 0 Å². The van der Waals surface area contributed by atoms with Crippen molar-refractivity contribution in [1.29, 1.82) is 0 Å². The summed E-state index contributed by atoms with van der Waals surface area (Å²) in [5, 5.41) is 12.5. The van der Waals surface area contributed by atoms with Crippen molar-refractivity contribution in [2.24, 2.45) is 0 Å². The van der Waals surface area contributed by atoms with Crippen LogP contribution in [-0.2, 0) is 16.0 Å². The number of ether oxygens (including phenoxy) is 2. The van der Waals surface area contributed by atoms with Gasteiger partial charge in [0, 0.05) is 0 Å². The summed E-state index contributed by atoms with van der Waals surface area (Å²) in [5.41, 5.74) is -0.468. The molecule has 2 aliphatic rings. The lowest BCUT2D eigenvalue weighted by molar-refractivity contribution is -0.147. The smallest absolute Gasteiger partial charge is 0.329 e. The van der Waals surface area contributed by atoms with E-state index in [1.807, 2.05) is 0 Å². The average Bonchev–Trinajstić information content (AvgIpc) is 2.97. The van der Waals surface area contributed by atoms with E-state index in [0.717, 1.165) is 12.8 Å². The van der Waals surface area contributed by atoms with Crippen LogP contribution in [0.1, 0.15) is 31.2 Å². The third-order valence-electron chi connectivity index (χ3n) is 4.27. The first-order valence-corrected chi connectivity index (χ1v) is 8.00. The zero-order chi connectivity index (χ0) is 16.4. The summed E-state index contributed by atoms with van der Waals surface area (Å²) in [4.78, 5) is 23.8. The Morgan fingerprint density at radius 3 is 2.61 bits per heavy atom. The minimum atomic E-state index is -1.13. The second-order valence-corrected chi connectivity index (χ2v) is 6.33. The van der Waals surface area contributed by atoms with Gasteiger partial charge in [0.15, 0.2) is 11.5 Å². The first-order valence-electron chi connectivity index (χ1n) is 7.63. The lowest BCUT2D eigenvalue weighted by Gasteiger charge is -2.25. The Balaban J connectivity index is 1.73. The number of benzene rings is 1. The third-order valence-corrected chi connectivity index (χ3v) is 4.55. The van der Waals surface area contributed by atoms with Gasteiger partial charge in [-0.05, 0) is 30.5 Å². The van der Waals surface area contributed by atoms with E-state index in [4.69, 9.17) is 21.1 Å². The molecule has 1 aromatic rings. The van der Waals surface area contributed by atoms with Crippen molar-refractivity contribution in [3.05, 3.63) is 22.7 Å². The van der Waals surface area contributed by atoms with Gasteiger partial charge in [-0.3, -0.25) is 4.79 Å². The molecular weight excluding hydrogens is 322 g/mol. The van der Waals surface area contributed by atoms with Crippen LogP contribution in [-0.4, -0.2) is 35.7 Å². The van der Waals surface area contributed by atoms with Gasteiger partial charge in [0.05, 0.1) is 11.4 Å². The third kappa shape index (κ3) is 3.22. The largest absolute Gasteiger partial charge is 0.486 e. The molecule has 1 saturated carbocycles. The molecule has 0 atom stereocenters. The Bertz CT molecular complexity index is 640. The summed E-state index contributed by atoms with van der Waals surface area (Å²) in [7, 11) is 0. The van der Waals surface area contributed by atoms with Crippen LogP contribution >= 0.6 is 11.6 Å². The Hall–Kier alpha value is -1.95. The summed E-state index contributed by atoms with van der Waals surface area (Å²) in [6, 6.07) is 3.36. The number of carbonyl (C=O) groups is 2. The normalized spacial score (nSPS) is 18.5. The standard InChI is InChI=1S/C16H18ClNO5/c17-11-7-10(8-12-14(11)23-6-5-22-12)9-13(19)18-16(15(20)21)3-1-2-4-16/h7-8H,1-6,9H2,(H,18,19)(H,20,21). The van der Waals surface area contributed by atoms with Crippen LogP contribution in [0.4, 0.5) is 0 Å². The van der Waals surface area contributed by atoms with Crippen molar-refractivity contribution in [1.82, 2.24) is 5.32 Å². The zero-order valence-electron chi connectivity index (χ0n) is 12.6. The number of hydrogen-bond donors (Lipinski definition) is 2. The van der Waals surface area contributed by atoms with Crippen LogP contribution in [0, 0.1) is 0 Å². The number of carboxylic acid groups (broad SMARTS) is 1. The van der Waals surface area contributed by atoms with Gasteiger partial charge in [-0.2, -0.15) is 0 Å². The fourth-order valence-corrected chi connectivity index (χ4v) is 3.42. The molecule has 0 saturated heterocycles. The monoisotopic (exact) mass is 339 g/mol. The number of hydrogen-bond acceptors (Lipinski definition) is 4. The first kappa shape index (κ1) is 15.9. The number of halogens is 1. The molecule has 1 heterocycles. The molecule has 7 heteroatoms. The van der Waals surface area contributed by atoms with E-state index in [0.29, 0.717) is 48.1 Å². The van der Waals surface area contributed by atoms with Crippen LogP contribution < -0.4 is 14.8 Å². The topological polar surface area (TPSA) is 84.9 Å². The van der Waals surface area contributed by atoms with Gasteiger partial charge in [-0.1, -0.05) is 24.4 Å². The molecule has 1 aromatic carbocycles. The summed E-state index contributed by atoms with van der Waals surface area (Å²) in [5.74, 6) is -0.300. The molecule has 6 nitrogen and oxygen atoms in total. The Morgan fingerprint density at radius 1 is 1.22 bits per heavy atom. The molecule has 1 amide bonds. The van der Waals surface area contributed by atoms with Crippen molar-refractivity contribution in [2.45, 2.75) is 37.6 Å². The quantitative estimate of drug-likeness (QED) is 0.878. The van der Waals surface area contributed by atoms with Gasteiger partial charge in [-0.15, -0.1) is 0 Å². The average molecular weight is 340 g/mol. The number of nitrogens with one attached hydrogen (secondary N) is 1. The zero-order valence-corrected chi connectivity index (χ0v) is 13.3. The van der Waals surface area contributed by atoms with Crippen molar-refractivity contribution < 1.29 is 24.2 Å². The van der Waals surface area contributed by atoms with E-state index in [1.165, 1.54) is 0 Å². The minimum Gasteiger partial charge on any atom is -0.486 e. The van der Waals surface area contributed by atoms with E-state index in [9.17, 15) is 14.7 Å². The highest BCUT2D eigenvalue weighted by Crippen LogP contribution is 2.38. The number of carboxylic acids is 1. The van der Waals surface area contributed by atoms with Gasteiger partial charge in [-0.25, -0.2) is 4.79 Å². The number of amides is 1. The van der Waals surface area contributed by atoms with Gasteiger partial charge < -0.3 is 19.9 Å². The molecule has 1 aliphatic heterocycles. The molecule has 0 unspecified atom stereocenters. The summed E-state index contributed by atoms with van der Waals surface area (Å²) < 4.78 is 10.9. The van der Waals surface area contributed by atoms with Crippen LogP contribution in [0.3, 0.4) is 0 Å². The molecule has 23 heavy (non-hydrogen) atoms. The number of rotatable bonds is 4. The molecule has 0 radical (unpaired) electrons. The van der Waals surface area contributed by atoms with Crippen molar-refractivity contribution in [2.75, 3.05) is 13.2 Å². The lowest BCUT2D eigenvalue weighted by Crippen LogP contribution is -2.52. The molecular formula is C16H18ClNO5. The van der Waals surface area contributed by atoms with Crippen molar-refractivity contribution in [3.8, 4) is 11.5 Å². The van der Waals surface area contributed by atoms with E-state index in [-0.39, 0.29) is 12.3 Å². The van der Waals surface area contributed by atoms with Gasteiger partial charge in [0.1, 0.15) is 18.8 Å². The van der Waals surface area contributed by atoms with Gasteiger partial charge >= 0.3 is 5.97 Å². The molecule has 2 N–H and O–H groups in total. The number of aliphatic carboxylic acids is 1. The lowest BCUT2D eigenvalue weighted by atomic mass is 9.97. The van der Waals surface area contributed by atoms with Crippen LogP contribution in [0.5, 0.6) is 11.5 Å². The van der Waals surface area contributed by atoms with E-state index < -0.39 is 11.5 Å². The summed E-state index contributed by atoms with van der Waals surface area (Å²) in [6.07, 6.45) is 2.60. The summed E-state index contributed by atoms with van der Waals surface area (Å²) >= 11 is 6.15. The Kier molecular flexibility index (Phi) is 4.35. The summed E-state index contributed by atoms with van der Waals surface area (Å²) in [6.45, 7) is 0.870. The second-order valence-electron chi connectivity index (χ2n) is 5.92. The Labute approximate surface area is 138 Å². The molecule has 1 aliphatic carbocycles. The highest BCUT2D eigenvalue weighted by Gasteiger charge is 2.42. The fraction of sp³-hybridized carbons (Fsp3) is 0.500. The predicted octanol–water partition coefficient (Wildman–Crippen LogP) is 2.17. The maximum Gasteiger partial charge on any atom is 0.329 e. The van der Waals surface area contributed by atoms with Gasteiger partial charge in [0.2, 0.25) is 5.91 Å². The maximum absolute atomic E-state index is 12.3. The minimum absolute atomic E-state index is 0.0470. The maximum atomic E-state index is 12.3. The number of carbonyl (C=O) groups excluding carboxylic acids is 1. The molecule has 124 valence electrons. The Morgan fingerprint density at radius 2 is 1.91 bits per heavy atom. The first-order chi connectivity index (χ1) is 11.0. The predicted molar refractivity (Wildman–Crippen MR) is 83.1 cm³/mol. The molecule has 3 rings (SSSR count).